The maximum atomic E-state index is 5.66. The first-order valence-corrected chi connectivity index (χ1v) is 5.96. The van der Waals surface area contributed by atoms with Gasteiger partial charge in [0, 0.05) is 13.1 Å². The lowest BCUT2D eigenvalue weighted by atomic mass is 10.0. The Bertz CT molecular complexity index is 509. The molecule has 2 rings (SSSR count). The fourth-order valence-electron chi connectivity index (χ4n) is 1.57. The summed E-state index contributed by atoms with van der Waals surface area (Å²) < 4.78 is 5.66. The molecule has 18 heavy (non-hydrogen) atoms. The highest BCUT2D eigenvalue weighted by molar-refractivity contribution is 5.38. The molecule has 0 radical (unpaired) electrons. The van der Waals surface area contributed by atoms with Gasteiger partial charge in [-0.3, -0.25) is 0 Å². The van der Waals surface area contributed by atoms with Crippen molar-refractivity contribution in [3.05, 3.63) is 42.2 Å². The van der Waals surface area contributed by atoms with Crippen LogP contribution in [0.1, 0.15) is 25.3 Å². The first kappa shape index (κ1) is 12.4. The number of nitrogens with one attached hydrogen (secondary N) is 1. The summed E-state index contributed by atoms with van der Waals surface area (Å²) >= 11 is 0. The van der Waals surface area contributed by atoms with Crippen molar-refractivity contribution in [1.29, 1.82) is 0 Å². The molecule has 0 bridgehead atoms. The molecule has 2 aromatic rings. The van der Waals surface area contributed by atoms with Crippen molar-refractivity contribution >= 4 is 5.82 Å². The van der Waals surface area contributed by atoms with Gasteiger partial charge in [-0.1, -0.05) is 26.0 Å². The molecule has 0 aliphatic carbocycles. The minimum atomic E-state index is 0.522. The number of ether oxygens (including phenoxy) is 1. The van der Waals surface area contributed by atoms with Gasteiger partial charge in [0.2, 0.25) is 5.88 Å². The summed E-state index contributed by atoms with van der Waals surface area (Å²) in [7, 11) is 1.81. The van der Waals surface area contributed by atoms with Gasteiger partial charge in [-0.15, -0.1) is 0 Å². The number of aromatic nitrogens is 2. The topological polar surface area (TPSA) is 47.0 Å². The number of anilines is 1. The van der Waals surface area contributed by atoms with E-state index in [4.69, 9.17) is 4.74 Å². The minimum absolute atomic E-state index is 0.522. The number of nitrogens with zero attached hydrogens (tertiary/aromatic N) is 2. The Labute approximate surface area is 107 Å². The van der Waals surface area contributed by atoms with Gasteiger partial charge in [-0.05, 0) is 23.6 Å². The van der Waals surface area contributed by atoms with Gasteiger partial charge in [0.05, 0.1) is 0 Å². The van der Waals surface area contributed by atoms with Crippen molar-refractivity contribution in [2.45, 2.75) is 19.8 Å². The molecule has 1 aromatic carbocycles. The highest BCUT2D eigenvalue weighted by Gasteiger charge is 2.02. The molecule has 0 unspecified atom stereocenters. The quantitative estimate of drug-likeness (QED) is 0.893. The second kappa shape index (κ2) is 5.49. The molecule has 94 valence electrons. The van der Waals surface area contributed by atoms with Crippen LogP contribution < -0.4 is 10.1 Å². The molecule has 1 N–H and O–H groups in total. The highest BCUT2D eigenvalue weighted by Crippen LogP contribution is 2.23. The molecular formula is C14H17N3O. The lowest BCUT2D eigenvalue weighted by Crippen LogP contribution is -1.95. The number of rotatable bonds is 4. The van der Waals surface area contributed by atoms with Crippen LogP contribution in [-0.4, -0.2) is 17.0 Å². The third-order valence-electron chi connectivity index (χ3n) is 2.67. The van der Waals surface area contributed by atoms with Gasteiger partial charge >= 0.3 is 0 Å². The number of hydrogen-bond acceptors (Lipinski definition) is 4. The van der Waals surface area contributed by atoms with E-state index >= 15 is 0 Å². The first-order chi connectivity index (χ1) is 8.69. The Morgan fingerprint density at radius 3 is 2.44 bits per heavy atom. The van der Waals surface area contributed by atoms with Crippen molar-refractivity contribution in [3.8, 4) is 11.6 Å². The summed E-state index contributed by atoms with van der Waals surface area (Å²) in [6.45, 7) is 4.33. The van der Waals surface area contributed by atoms with Crippen molar-refractivity contribution in [2.75, 3.05) is 12.4 Å². The van der Waals surface area contributed by atoms with Gasteiger partial charge in [-0.2, -0.15) is 0 Å². The van der Waals surface area contributed by atoms with Gasteiger partial charge in [0.15, 0.2) is 0 Å². The van der Waals surface area contributed by atoms with Gasteiger partial charge < -0.3 is 10.1 Å². The zero-order valence-corrected chi connectivity index (χ0v) is 10.8. The van der Waals surface area contributed by atoms with E-state index in [1.807, 2.05) is 19.2 Å². The predicted octanol–water partition coefficient (Wildman–Crippen LogP) is 3.43. The van der Waals surface area contributed by atoms with Crippen molar-refractivity contribution < 1.29 is 4.74 Å². The van der Waals surface area contributed by atoms with Crippen LogP contribution in [0.3, 0.4) is 0 Å². The van der Waals surface area contributed by atoms with E-state index in [1.165, 1.54) is 11.9 Å². The minimum Gasteiger partial charge on any atom is -0.439 e. The van der Waals surface area contributed by atoms with Crippen molar-refractivity contribution in [3.63, 3.8) is 0 Å². The van der Waals surface area contributed by atoms with Crippen LogP contribution in [-0.2, 0) is 0 Å². The Morgan fingerprint density at radius 1 is 1.11 bits per heavy atom. The molecule has 0 saturated carbocycles. The fourth-order valence-corrected chi connectivity index (χ4v) is 1.57. The van der Waals surface area contributed by atoms with E-state index in [-0.39, 0.29) is 0 Å². The summed E-state index contributed by atoms with van der Waals surface area (Å²) in [6.07, 6.45) is 1.48. The molecule has 4 heteroatoms. The molecule has 1 heterocycles. The monoisotopic (exact) mass is 243 g/mol. The summed E-state index contributed by atoms with van der Waals surface area (Å²) in [5.41, 5.74) is 1.29. The van der Waals surface area contributed by atoms with E-state index in [0.717, 1.165) is 11.6 Å². The maximum absolute atomic E-state index is 5.66. The van der Waals surface area contributed by atoms with E-state index in [0.29, 0.717) is 11.8 Å². The zero-order chi connectivity index (χ0) is 13.0. The van der Waals surface area contributed by atoms with Crippen molar-refractivity contribution in [1.82, 2.24) is 9.97 Å². The average Bonchev–Trinajstić information content (AvgIpc) is 2.39. The molecule has 0 saturated heterocycles. The Kier molecular flexibility index (Phi) is 3.77. The Morgan fingerprint density at radius 2 is 1.83 bits per heavy atom. The van der Waals surface area contributed by atoms with Crippen LogP contribution in [0, 0.1) is 0 Å². The van der Waals surface area contributed by atoms with Crippen LogP contribution in [0.25, 0.3) is 0 Å². The Balaban J connectivity index is 2.13. The molecule has 0 aliphatic heterocycles. The second-order valence-electron chi connectivity index (χ2n) is 4.32. The fraction of sp³-hybridized carbons (Fsp3) is 0.286. The highest BCUT2D eigenvalue weighted by atomic mass is 16.5. The Hall–Kier alpha value is -2.10. The average molecular weight is 243 g/mol. The summed E-state index contributed by atoms with van der Waals surface area (Å²) in [6, 6.07) is 9.81. The molecule has 0 spiro atoms. The van der Waals surface area contributed by atoms with E-state index in [2.05, 4.69) is 41.3 Å². The third kappa shape index (κ3) is 2.97. The summed E-state index contributed by atoms with van der Waals surface area (Å²) in [5.74, 6) is 2.57. The predicted molar refractivity (Wildman–Crippen MR) is 72.2 cm³/mol. The molecule has 0 amide bonds. The van der Waals surface area contributed by atoms with Gasteiger partial charge in [-0.25, -0.2) is 9.97 Å². The SMILES string of the molecule is CNc1cc(Oc2ccc(C(C)C)cc2)ncn1. The van der Waals surface area contributed by atoms with Gasteiger partial charge in [0.25, 0.3) is 0 Å². The second-order valence-corrected chi connectivity index (χ2v) is 4.32. The standard InChI is InChI=1S/C14H17N3O/c1-10(2)11-4-6-12(7-5-11)18-14-8-13(15-3)16-9-17-14/h4-10H,1-3H3,(H,15,16,17). The molecular weight excluding hydrogens is 226 g/mol. The third-order valence-corrected chi connectivity index (χ3v) is 2.67. The normalized spacial score (nSPS) is 10.4. The molecule has 4 nitrogen and oxygen atoms in total. The van der Waals surface area contributed by atoms with Crippen LogP contribution in [0.15, 0.2) is 36.7 Å². The first-order valence-electron chi connectivity index (χ1n) is 5.96. The molecule has 0 atom stereocenters. The van der Waals surface area contributed by atoms with Crippen LogP contribution >= 0.6 is 0 Å². The van der Waals surface area contributed by atoms with Gasteiger partial charge in [0.1, 0.15) is 17.9 Å². The molecule has 0 fully saturated rings. The summed E-state index contributed by atoms with van der Waals surface area (Å²) in [4.78, 5) is 8.10. The molecule has 0 aliphatic rings. The lowest BCUT2D eigenvalue weighted by molar-refractivity contribution is 0.461. The summed E-state index contributed by atoms with van der Waals surface area (Å²) in [5, 5.41) is 2.95. The van der Waals surface area contributed by atoms with Crippen LogP contribution in [0.4, 0.5) is 5.82 Å². The van der Waals surface area contributed by atoms with E-state index < -0.39 is 0 Å². The van der Waals surface area contributed by atoms with Crippen LogP contribution in [0.5, 0.6) is 11.6 Å². The zero-order valence-electron chi connectivity index (χ0n) is 10.8. The van der Waals surface area contributed by atoms with Crippen LogP contribution in [0.2, 0.25) is 0 Å². The number of benzene rings is 1. The molecule has 1 aromatic heterocycles. The largest absolute Gasteiger partial charge is 0.439 e. The lowest BCUT2D eigenvalue weighted by Gasteiger charge is -2.08. The van der Waals surface area contributed by atoms with Crippen molar-refractivity contribution in [2.24, 2.45) is 0 Å². The smallest absolute Gasteiger partial charge is 0.224 e. The number of hydrogen-bond donors (Lipinski definition) is 1. The maximum Gasteiger partial charge on any atom is 0.224 e. The van der Waals surface area contributed by atoms with E-state index in [1.54, 1.807) is 6.07 Å². The van der Waals surface area contributed by atoms with E-state index in [9.17, 15) is 0 Å².